The smallest absolute Gasteiger partial charge is 0.255 e. The fourth-order valence-electron chi connectivity index (χ4n) is 2.88. The van der Waals surface area contributed by atoms with Gasteiger partial charge in [-0.05, 0) is 43.3 Å². The Kier molecular flexibility index (Phi) is 5.41. The van der Waals surface area contributed by atoms with Crippen LogP contribution < -0.4 is 10.2 Å². The second-order valence-corrected chi connectivity index (χ2v) is 8.64. The molecule has 0 spiro atoms. The number of anilines is 1. The number of likely N-dealkylation sites (N-methyl/N-ethyl adjacent to an activating group) is 1. The number of aryl methyl sites for hydroxylation is 1. The SMILES string of the molecule is Cc1ccc(C(=O)Nc2ccc(S(=O)(=O)N3CC[NH+](C)CC3)cc2)cc1. The number of nitrogens with zero attached hydrogens (tertiary/aromatic N) is 1. The van der Waals surface area contributed by atoms with Crippen molar-refractivity contribution >= 4 is 21.6 Å². The van der Waals surface area contributed by atoms with Crippen LogP contribution in [0.3, 0.4) is 0 Å². The van der Waals surface area contributed by atoms with Gasteiger partial charge in [0, 0.05) is 11.3 Å². The normalized spacial score (nSPS) is 16.4. The van der Waals surface area contributed by atoms with E-state index >= 15 is 0 Å². The van der Waals surface area contributed by atoms with Crippen LogP contribution in [0, 0.1) is 6.92 Å². The molecule has 0 atom stereocenters. The maximum Gasteiger partial charge on any atom is 0.255 e. The van der Waals surface area contributed by atoms with E-state index in [9.17, 15) is 13.2 Å². The first-order valence-electron chi connectivity index (χ1n) is 8.66. The van der Waals surface area contributed by atoms with Gasteiger partial charge in [-0.2, -0.15) is 4.31 Å². The van der Waals surface area contributed by atoms with E-state index in [4.69, 9.17) is 0 Å². The minimum Gasteiger partial charge on any atom is -0.335 e. The maximum atomic E-state index is 12.7. The molecule has 6 nitrogen and oxygen atoms in total. The number of benzene rings is 2. The molecule has 138 valence electrons. The topological polar surface area (TPSA) is 70.9 Å². The summed E-state index contributed by atoms with van der Waals surface area (Å²) in [6, 6.07) is 13.6. The van der Waals surface area contributed by atoms with Crippen molar-refractivity contribution in [3.63, 3.8) is 0 Å². The molecule has 1 fully saturated rings. The predicted octanol–water partition coefficient (Wildman–Crippen LogP) is 0.766. The average Bonchev–Trinajstić information content (AvgIpc) is 2.63. The van der Waals surface area contributed by atoms with Crippen molar-refractivity contribution in [2.75, 3.05) is 38.5 Å². The van der Waals surface area contributed by atoms with Crippen LogP contribution in [0.4, 0.5) is 5.69 Å². The van der Waals surface area contributed by atoms with Gasteiger partial charge in [0.1, 0.15) is 0 Å². The van der Waals surface area contributed by atoms with Crippen LogP contribution in [-0.2, 0) is 10.0 Å². The third-order valence-corrected chi connectivity index (χ3v) is 6.55. The number of quaternary nitrogens is 1. The Balaban J connectivity index is 1.70. The minimum absolute atomic E-state index is 0.220. The Morgan fingerprint density at radius 1 is 1.00 bits per heavy atom. The Bertz CT molecular complexity index is 869. The number of amides is 1. The fourth-order valence-corrected chi connectivity index (χ4v) is 4.32. The van der Waals surface area contributed by atoms with Gasteiger partial charge in [0.15, 0.2) is 0 Å². The van der Waals surface area contributed by atoms with E-state index in [2.05, 4.69) is 12.4 Å². The molecule has 0 saturated carbocycles. The number of carbonyl (C=O) groups is 1. The number of hydrogen-bond acceptors (Lipinski definition) is 3. The number of piperazine rings is 1. The highest BCUT2D eigenvalue weighted by atomic mass is 32.2. The van der Waals surface area contributed by atoms with Crippen molar-refractivity contribution in [3.8, 4) is 0 Å². The molecule has 0 radical (unpaired) electrons. The predicted molar refractivity (Wildman–Crippen MR) is 101 cm³/mol. The molecule has 1 amide bonds. The van der Waals surface area contributed by atoms with Crippen LogP contribution in [-0.4, -0.2) is 51.9 Å². The monoisotopic (exact) mass is 374 g/mol. The van der Waals surface area contributed by atoms with Crippen molar-refractivity contribution in [2.45, 2.75) is 11.8 Å². The highest BCUT2D eigenvalue weighted by Gasteiger charge is 2.28. The van der Waals surface area contributed by atoms with Crippen LogP contribution in [0.2, 0.25) is 0 Å². The van der Waals surface area contributed by atoms with Crippen LogP contribution in [0.5, 0.6) is 0 Å². The lowest BCUT2D eigenvalue weighted by Crippen LogP contribution is -3.12. The lowest BCUT2D eigenvalue weighted by atomic mass is 10.1. The summed E-state index contributed by atoms with van der Waals surface area (Å²) in [6.07, 6.45) is 0. The summed E-state index contributed by atoms with van der Waals surface area (Å²) >= 11 is 0. The first-order chi connectivity index (χ1) is 12.4. The van der Waals surface area contributed by atoms with E-state index in [1.54, 1.807) is 36.4 Å². The van der Waals surface area contributed by atoms with Gasteiger partial charge in [-0.1, -0.05) is 17.7 Å². The number of nitrogens with one attached hydrogen (secondary N) is 2. The zero-order chi connectivity index (χ0) is 18.7. The molecule has 1 aliphatic heterocycles. The summed E-state index contributed by atoms with van der Waals surface area (Å²) in [6.45, 7) is 4.64. The number of sulfonamides is 1. The molecule has 7 heteroatoms. The molecule has 2 aromatic rings. The molecule has 3 rings (SSSR count). The molecular formula is C19H24N3O3S+. The maximum absolute atomic E-state index is 12.7. The Hall–Kier alpha value is -2.22. The Morgan fingerprint density at radius 2 is 1.58 bits per heavy atom. The zero-order valence-electron chi connectivity index (χ0n) is 15.0. The Morgan fingerprint density at radius 3 is 2.15 bits per heavy atom. The van der Waals surface area contributed by atoms with E-state index in [1.807, 2.05) is 19.1 Å². The quantitative estimate of drug-likeness (QED) is 0.830. The summed E-state index contributed by atoms with van der Waals surface area (Å²) in [7, 11) is -1.42. The summed E-state index contributed by atoms with van der Waals surface area (Å²) in [5.74, 6) is -0.220. The molecule has 0 aliphatic carbocycles. The van der Waals surface area contributed by atoms with E-state index in [0.29, 0.717) is 24.3 Å². The highest BCUT2D eigenvalue weighted by molar-refractivity contribution is 7.89. The van der Waals surface area contributed by atoms with Gasteiger partial charge in [-0.15, -0.1) is 0 Å². The van der Waals surface area contributed by atoms with Crippen LogP contribution in [0.25, 0.3) is 0 Å². The number of rotatable bonds is 4. The fraction of sp³-hybridized carbons (Fsp3) is 0.316. The zero-order valence-corrected chi connectivity index (χ0v) is 15.8. The van der Waals surface area contributed by atoms with Crippen LogP contribution in [0.1, 0.15) is 15.9 Å². The minimum atomic E-state index is -3.48. The van der Waals surface area contributed by atoms with Gasteiger partial charge in [-0.25, -0.2) is 8.42 Å². The molecule has 2 N–H and O–H groups in total. The molecule has 0 aromatic heterocycles. The molecule has 1 heterocycles. The summed E-state index contributed by atoms with van der Waals surface area (Å²) in [5.41, 5.74) is 2.21. The molecular weight excluding hydrogens is 350 g/mol. The van der Waals surface area contributed by atoms with Gasteiger partial charge in [0.25, 0.3) is 5.91 Å². The number of hydrogen-bond donors (Lipinski definition) is 2. The van der Waals surface area contributed by atoms with Gasteiger partial charge >= 0.3 is 0 Å². The molecule has 2 aromatic carbocycles. The largest absolute Gasteiger partial charge is 0.335 e. The van der Waals surface area contributed by atoms with E-state index in [-0.39, 0.29) is 10.8 Å². The summed E-state index contributed by atoms with van der Waals surface area (Å²) < 4.78 is 26.9. The molecule has 26 heavy (non-hydrogen) atoms. The third kappa shape index (κ3) is 4.12. The van der Waals surface area contributed by atoms with Crippen LogP contribution in [0.15, 0.2) is 53.4 Å². The summed E-state index contributed by atoms with van der Waals surface area (Å²) in [4.78, 5) is 13.8. The molecule has 1 saturated heterocycles. The van der Waals surface area contributed by atoms with E-state index < -0.39 is 10.0 Å². The van der Waals surface area contributed by atoms with Crippen LogP contribution >= 0.6 is 0 Å². The van der Waals surface area contributed by atoms with Gasteiger partial charge in [-0.3, -0.25) is 4.79 Å². The first-order valence-corrected chi connectivity index (χ1v) is 10.1. The van der Waals surface area contributed by atoms with Crippen molar-refractivity contribution < 1.29 is 18.1 Å². The van der Waals surface area contributed by atoms with E-state index in [0.717, 1.165) is 18.7 Å². The standard InChI is InChI=1S/C19H23N3O3S/c1-15-3-5-16(6-4-15)19(23)20-17-7-9-18(10-8-17)26(24,25)22-13-11-21(2)12-14-22/h3-10H,11-14H2,1-2H3,(H,20,23)/p+1. The molecule has 1 aliphatic rings. The van der Waals surface area contributed by atoms with Crippen molar-refractivity contribution in [2.24, 2.45) is 0 Å². The second kappa shape index (κ2) is 7.57. The third-order valence-electron chi connectivity index (χ3n) is 4.64. The molecule has 0 unspecified atom stereocenters. The van der Waals surface area contributed by atoms with E-state index in [1.165, 1.54) is 9.21 Å². The molecule has 0 bridgehead atoms. The van der Waals surface area contributed by atoms with Gasteiger partial charge in [0.05, 0.1) is 38.1 Å². The lowest BCUT2D eigenvalue weighted by molar-refractivity contribution is -0.883. The average molecular weight is 374 g/mol. The first kappa shape index (κ1) is 18.6. The van der Waals surface area contributed by atoms with Gasteiger partial charge in [0.2, 0.25) is 10.0 Å². The highest BCUT2D eigenvalue weighted by Crippen LogP contribution is 2.19. The van der Waals surface area contributed by atoms with Crippen molar-refractivity contribution in [3.05, 3.63) is 59.7 Å². The lowest BCUT2D eigenvalue weighted by Gasteiger charge is -2.29. The van der Waals surface area contributed by atoms with Gasteiger partial charge < -0.3 is 10.2 Å². The number of carbonyl (C=O) groups excluding carboxylic acids is 1. The van der Waals surface area contributed by atoms with Crippen molar-refractivity contribution in [1.82, 2.24) is 4.31 Å². The van der Waals surface area contributed by atoms with Crippen molar-refractivity contribution in [1.29, 1.82) is 0 Å². The summed E-state index contributed by atoms with van der Waals surface area (Å²) in [5, 5.41) is 2.79. The second-order valence-electron chi connectivity index (χ2n) is 6.71. The Labute approximate surface area is 154 Å².